The number of rotatable bonds is 2. The second-order valence-corrected chi connectivity index (χ2v) is 5.52. The van der Waals surface area contributed by atoms with Gasteiger partial charge in [0.25, 0.3) is 0 Å². The molecule has 0 saturated carbocycles. The summed E-state index contributed by atoms with van der Waals surface area (Å²) in [7, 11) is 0. The van der Waals surface area contributed by atoms with Gasteiger partial charge in [0.05, 0.1) is 5.69 Å². The van der Waals surface area contributed by atoms with Gasteiger partial charge < -0.3 is 4.98 Å². The number of aryl methyl sites for hydroxylation is 1. The first kappa shape index (κ1) is 12.3. The maximum absolute atomic E-state index is 4.58. The van der Waals surface area contributed by atoms with Crippen LogP contribution in [0, 0.1) is 0 Å². The third kappa shape index (κ3) is 2.25. The number of H-pyrrole nitrogens is 1. The molecule has 3 nitrogen and oxygen atoms in total. The van der Waals surface area contributed by atoms with Crippen molar-refractivity contribution in [3.8, 4) is 0 Å². The number of hydrogen-bond acceptors (Lipinski definition) is 2. The molecular formula is C18H17N3. The van der Waals surface area contributed by atoms with E-state index in [9.17, 15) is 0 Å². The average molecular weight is 275 g/mol. The van der Waals surface area contributed by atoms with Crippen LogP contribution in [0.4, 0.5) is 5.69 Å². The molecule has 0 bridgehead atoms. The molecule has 104 valence electrons. The molecule has 3 aromatic rings. The molecule has 1 aliphatic carbocycles. The Kier molecular flexibility index (Phi) is 3.03. The summed E-state index contributed by atoms with van der Waals surface area (Å²) in [6.07, 6.45) is 3.38. The Labute approximate surface area is 123 Å². The van der Waals surface area contributed by atoms with E-state index in [1.165, 1.54) is 28.6 Å². The van der Waals surface area contributed by atoms with Gasteiger partial charge in [0, 0.05) is 16.6 Å². The quantitative estimate of drug-likeness (QED) is 0.614. The molecule has 0 aliphatic heterocycles. The standard InChI is InChI=1S/C18H17N3/c1-2-7-13(8-3-1)20-21-17-12-6-10-15-14-9-4-5-11-16(14)19-18(15)17/h1-5,7-9,11,17,19H,6,10,12H2. The van der Waals surface area contributed by atoms with Crippen molar-refractivity contribution >= 4 is 16.6 Å². The number of nitrogens with zero attached hydrogens (tertiary/aromatic N) is 2. The first-order chi connectivity index (χ1) is 10.4. The van der Waals surface area contributed by atoms with Crippen molar-refractivity contribution < 1.29 is 0 Å². The van der Waals surface area contributed by atoms with E-state index in [2.05, 4.69) is 39.5 Å². The number of fused-ring (bicyclic) bond motifs is 3. The Balaban J connectivity index is 1.72. The van der Waals surface area contributed by atoms with Crippen LogP contribution in [0.1, 0.15) is 30.1 Å². The summed E-state index contributed by atoms with van der Waals surface area (Å²) in [6, 6.07) is 18.6. The zero-order chi connectivity index (χ0) is 14.1. The Morgan fingerprint density at radius 1 is 0.952 bits per heavy atom. The first-order valence-corrected chi connectivity index (χ1v) is 7.47. The summed E-state index contributed by atoms with van der Waals surface area (Å²) >= 11 is 0. The van der Waals surface area contributed by atoms with Crippen LogP contribution in [0.25, 0.3) is 10.9 Å². The Hall–Kier alpha value is -2.42. The smallest absolute Gasteiger partial charge is 0.111 e. The van der Waals surface area contributed by atoms with Crippen LogP contribution in [-0.4, -0.2) is 4.98 Å². The zero-order valence-electron chi connectivity index (χ0n) is 11.8. The molecule has 1 N–H and O–H groups in total. The lowest BCUT2D eigenvalue weighted by Gasteiger charge is -2.18. The van der Waals surface area contributed by atoms with Crippen molar-refractivity contribution in [2.45, 2.75) is 25.3 Å². The number of aromatic nitrogens is 1. The van der Waals surface area contributed by atoms with Gasteiger partial charge in [0.2, 0.25) is 0 Å². The summed E-state index contributed by atoms with van der Waals surface area (Å²) in [5.74, 6) is 0. The molecule has 0 radical (unpaired) electrons. The molecule has 0 spiro atoms. The fraction of sp³-hybridized carbons (Fsp3) is 0.222. The van der Waals surface area contributed by atoms with Gasteiger partial charge in [-0.05, 0) is 43.0 Å². The molecule has 3 heteroatoms. The number of aromatic amines is 1. The second-order valence-electron chi connectivity index (χ2n) is 5.52. The molecule has 1 aromatic heterocycles. The monoisotopic (exact) mass is 275 g/mol. The Bertz CT molecular complexity index is 787. The summed E-state index contributed by atoms with van der Waals surface area (Å²) in [5, 5.41) is 10.3. The van der Waals surface area contributed by atoms with E-state index >= 15 is 0 Å². The molecule has 0 amide bonds. The van der Waals surface area contributed by atoms with Crippen LogP contribution in [-0.2, 0) is 6.42 Å². The maximum atomic E-state index is 4.58. The molecule has 4 rings (SSSR count). The predicted molar refractivity (Wildman–Crippen MR) is 84.9 cm³/mol. The molecule has 1 atom stereocenters. The minimum atomic E-state index is 0.154. The fourth-order valence-corrected chi connectivity index (χ4v) is 3.14. The lowest BCUT2D eigenvalue weighted by molar-refractivity contribution is 0.546. The van der Waals surface area contributed by atoms with Gasteiger partial charge in [-0.25, -0.2) is 0 Å². The highest BCUT2D eigenvalue weighted by Gasteiger charge is 2.23. The minimum absolute atomic E-state index is 0.154. The van der Waals surface area contributed by atoms with Crippen molar-refractivity contribution in [2.24, 2.45) is 10.2 Å². The Morgan fingerprint density at radius 3 is 2.67 bits per heavy atom. The molecule has 0 fully saturated rings. The zero-order valence-corrected chi connectivity index (χ0v) is 11.8. The molecule has 0 saturated heterocycles. The number of nitrogens with one attached hydrogen (secondary N) is 1. The van der Waals surface area contributed by atoms with Crippen molar-refractivity contribution in [1.29, 1.82) is 0 Å². The fourth-order valence-electron chi connectivity index (χ4n) is 3.14. The lowest BCUT2D eigenvalue weighted by Crippen LogP contribution is -2.06. The van der Waals surface area contributed by atoms with E-state index in [4.69, 9.17) is 0 Å². The van der Waals surface area contributed by atoms with Gasteiger partial charge in [-0.3, -0.25) is 0 Å². The number of benzene rings is 2. The van der Waals surface area contributed by atoms with Crippen LogP contribution in [0.2, 0.25) is 0 Å². The minimum Gasteiger partial charge on any atom is -0.356 e. The van der Waals surface area contributed by atoms with Crippen LogP contribution in [0.5, 0.6) is 0 Å². The molecular weight excluding hydrogens is 258 g/mol. The van der Waals surface area contributed by atoms with Crippen molar-refractivity contribution in [2.75, 3.05) is 0 Å². The highest BCUT2D eigenvalue weighted by atomic mass is 15.1. The maximum Gasteiger partial charge on any atom is 0.111 e. The number of para-hydroxylation sites is 1. The largest absolute Gasteiger partial charge is 0.356 e. The van der Waals surface area contributed by atoms with Gasteiger partial charge in [0.1, 0.15) is 6.04 Å². The molecule has 2 aromatic carbocycles. The summed E-state index contributed by atoms with van der Waals surface area (Å²) in [5.41, 5.74) is 4.81. The summed E-state index contributed by atoms with van der Waals surface area (Å²) < 4.78 is 0. The first-order valence-electron chi connectivity index (χ1n) is 7.47. The molecule has 1 aliphatic rings. The highest BCUT2D eigenvalue weighted by molar-refractivity contribution is 5.85. The van der Waals surface area contributed by atoms with Gasteiger partial charge >= 0.3 is 0 Å². The third-order valence-corrected chi connectivity index (χ3v) is 4.15. The van der Waals surface area contributed by atoms with Gasteiger partial charge in [-0.1, -0.05) is 36.4 Å². The highest BCUT2D eigenvalue weighted by Crippen LogP contribution is 2.37. The van der Waals surface area contributed by atoms with Crippen molar-refractivity contribution in [1.82, 2.24) is 4.98 Å². The van der Waals surface area contributed by atoms with E-state index in [-0.39, 0.29) is 6.04 Å². The van der Waals surface area contributed by atoms with Crippen LogP contribution in [0.15, 0.2) is 64.8 Å². The SMILES string of the molecule is c1ccc(N=NC2CCCc3c2[nH]c2ccccc32)cc1. The van der Waals surface area contributed by atoms with Crippen LogP contribution < -0.4 is 0 Å². The molecule has 21 heavy (non-hydrogen) atoms. The van der Waals surface area contributed by atoms with Gasteiger partial charge in [0.15, 0.2) is 0 Å². The van der Waals surface area contributed by atoms with Crippen LogP contribution in [0.3, 0.4) is 0 Å². The summed E-state index contributed by atoms with van der Waals surface area (Å²) in [6.45, 7) is 0. The van der Waals surface area contributed by atoms with E-state index in [1.54, 1.807) is 0 Å². The summed E-state index contributed by atoms with van der Waals surface area (Å²) in [4.78, 5) is 3.55. The Morgan fingerprint density at radius 2 is 1.76 bits per heavy atom. The topological polar surface area (TPSA) is 40.5 Å². The number of hydrogen-bond donors (Lipinski definition) is 1. The van der Waals surface area contributed by atoms with Crippen molar-refractivity contribution in [3.05, 3.63) is 65.9 Å². The van der Waals surface area contributed by atoms with E-state index in [0.29, 0.717) is 0 Å². The predicted octanol–water partition coefficient (Wildman–Crippen LogP) is 5.33. The normalized spacial score (nSPS) is 18.2. The van der Waals surface area contributed by atoms with E-state index in [1.807, 2.05) is 30.3 Å². The van der Waals surface area contributed by atoms with Crippen LogP contribution >= 0.6 is 0 Å². The third-order valence-electron chi connectivity index (χ3n) is 4.15. The lowest BCUT2D eigenvalue weighted by atomic mass is 9.92. The van der Waals surface area contributed by atoms with Gasteiger partial charge in [-0.2, -0.15) is 10.2 Å². The van der Waals surface area contributed by atoms with E-state index in [0.717, 1.165) is 18.5 Å². The molecule has 1 heterocycles. The van der Waals surface area contributed by atoms with Gasteiger partial charge in [-0.15, -0.1) is 0 Å². The van der Waals surface area contributed by atoms with E-state index < -0.39 is 0 Å². The molecule has 1 unspecified atom stereocenters. The van der Waals surface area contributed by atoms with Crippen molar-refractivity contribution in [3.63, 3.8) is 0 Å². The second kappa shape index (κ2) is 5.17. The average Bonchev–Trinajstić information content (AvgIpc) is 2.93. The number of azo groups is 1.